The van der Waals surface area contributed by atoms with Crippen molar-refractivity contribution in [1.29, 1.82) is 0 Å². The molecule has 1 aromatic carbocycles. The molecule has 0 aliphatic carbocycles. The van der Waals surface area contributed by atoms with Gasteiger partial charge in [0.25, 0.3) is 0 Å². The minimum atomic E-state index is -1.20. The molecule has 1 aliphatic rings. The van der Waals surface area contributed by atoms with Crippen molar-refractivity contribution in [3.05, 3.63) is 35.9 Å². The topological polar surface area (TPSA) is 105 Å². The van der Waals surface area contributed by atoms with Crippen molar-refractivity contribution in [2.75, 3.05) is 0 Å². The number of carbonyl (C=O) groups is 3. The van der Waals surface area contributed by atoms with Gasteiger partial charge in [-0.25, -0.2) is 9.59 Å². The second-order valence-corrected chi connectivity index (χ2v) is 4.01. The standard InChI is InChI=1S/C12H12N2O5/c15-10-8(9(13-10)11(16)17)14-12(18)19-6-7-4-2-1-3-5-7/h1-5,8-9H,6H2,(H,13,15)(H,14,18)(H,16,17). The van der Waals surface area contributed by atoms with Crippen molar-refractivity contribution in [2.24, 2.45) is 0 Å². The second-order valence-electron chi connectivity index (χ2n) is 4.01. The van der Waals surface area contributed by atoms with Crippen LogP contribution in [0.15, 0.2) is 30.3 Å². The Labute approximate surface area is 108 Å². The fourth-order valence-corrected chi connectivity index (χ4v) is 1.63. The highest BCUT2D eigenvalue weighted by atomic mass is 16.5. The van der Waals surface area contributed by atoms with Gasteiger partial charge >= 0.3 is 12.1 Å². The number of β-lactam (4-membered cyclic amide) rings is 1. The van der Waals surface area contributed by atoms with E-state index in [0.717, 1.165) is 5.56 Å². The zero-order chi connectivity index (χ0) is 13.8. The summed E-state index contributed by atoms with van der Waals surface area (Å²) in [4.78, 5) is 33.2. The Morgan fingerprint density at radius 3 is 2.58 bits per heavy atom. The van der Waals surface area contributed by atoms with Crippen molar-refractivity contribution in [3.8, 4) is 0 Å². The number of benzene rings is 1. The number of amides is 2. The first-order valence-corrected chi connectivity index (χ1v) is 5.58. The molecule has 1 heterocycles. The number of nitrogens with one attached hydrogen (secondary N) is 2. The molecule has 1 aromatic rings. The summed E-state index contributed by atoms with van der Waals surface area (Å²) in [5.41, 5.74) is 0.797. The van der Waals surface area contributed by atoms with E-state index in [1.807, 2.05) is 6.07 Å². The lowest BCUT2D eigenvalue weighted by Crippen LogP contribution is -2.71. The van der Waals surface area contributed by atoms with Crippen LogP contribution in [0.25, 0.3) is 0 Å². The number of ether oxygens (including phenoxy) is 1. The first-order chi connectivity index (χ1) is 9.08. The summed E-state index contributed by atoms with van der Waals surface area (Å²) in [7, 11) is 0. The van der Waals surface area contributed by atoms with Crippen LogP contribution in [0.4, 0.5) is 4.79 Å². The van der Waals surface area contributed by atoms with Gasteiger partial charge in [-0.2, -0.15) is 0 Å². The average Bonchev–Trinajstić information content (AvgIpc) is 2.40. The molecular weight excluding hydrogens is 252 g/mol. The maximum absolute atomic E-state index is 11.4. The van der Waals surface area contributed by atoms with E-state index < -0.39 is 30.1 Å². The Morgan fingerprint density at radius 2 is 2.00 bits per heavy atom. The normalized spacial score (nSPS) is 20.9. The maximum atomic E-state index is 11.4. The summed E-state index contributed by atoms with van der Waals surface area (Å²) in [6, 6.07) is 6.82. The zero-order valence-corrected chi connectivity index (χ0v) is 9.83. The number of hydrogen-bond donors (Lipinski definition) is 3. The van der Waals surface area contributed by atoms with Crippen LogP contribution in [0, 0.1) is 0 Å². The zero-order valence-electron chi connectivity index (χ0n) is 9.83. The number of alkyl carbamates (subject to hydrolysis) is 1. The van der Waals surface area contributed by atoms with Crippen LogP contribution >= 0.6 is 0 Å². The molecular formula is C12H12N2O5. The molecule has 0 spiro atoms. The van der Waals surface area contributed by atoms with Crippen LogP contribution in [0.5, 0.6) is 0 Å². The molecule has 7 heteroatoms. The van der Waals surface area contributed by atoms with Gasteiger partial charge in [0, 0.05) is 0 Å². The molecule has 2 atom stereocenters. The van der Waals surface area contributed by atoms with Gasteiger partial charge in [0.1, 0.15) is 12.6 Å². The molecule has 2 unspecified atom stereocenters. The molecule has 0 radical (unpaired) electrons. The summed E-state index contributed by atoms with van der Waals surface area (Å²) in [6.45, 7) is 0.0543. The largest absolute Gasteiger partial charge is 0.480 e. The van der Waals surface area contributed by atoms with E-state index in [1.165, 1.54) is 0 Å². The molecule has 100 valence electrons. The first kappa shape index (κ1) is 12.9. The smallest absolute Gasteiger partial charge is 0.408 e. The van der Waals surface area contributed by atoms with Gasteiger partial charge in [0.2, 0.25) is 5.91 Å². The Hall–Kier alpha value is -2.57. The number of aliphatic carboxylic acids is 1. The molecule has 0 bridgehead atoms. The summed E-state index contributed by atoms with van der Waals surface area (Å²) in [5, 5.41) is 13.1. The van der Waals surface area contributed by atoms with E-state index in [4.69, 9.17) is 9.84 Å². The Bertz CT molecular complexity index is 502. The van der Waals surface area contributed by atoms with E-state index in [1.54, 1.807) is 24.3 Å². The number of carbonyl (C=O) groups excluding carboxylic acids is 2. The van der Waals surface area contributed by atoms with Gasteiger partial charge in [-0.1, -0.05) is 30.3 Å². The highest BCUT2D eigenvalue weighted by molar-refractivity contribution is 6.00. The molecule has 3 N–H and O–H groups in total. The molecule has 1 fully saturated rings. The van der Waals surface area contributed by atoms with Crippen LogP contribution in [-0.2, 0) is 20.9 Å². The van der Waals surface area contributed by atoms with Gasteiger partial charge < -0.3 is 20.5 Å². The predicted molar refractivity (Wildman–Crippen MR) is 63.1 cm³/mol. The molecule has 19 heavy (non-hydrogen) atoms. The molecule has 1 aliphatic heterocycles. The van der Waals surface area contributed by atoms with Crippen LogP contribution in [0.1, 0.15) is 5.56 Å². The van der Waals surface area contributed by atoms with Crippen molar-refractivity contribution in [2.45, 2.75) is 18.7 Å². The fourth-order valence-electron chi connectivity index (χ4n) is 1.63. The predicted octanol–water partition coefficient (Wildman–Crippen LogP) is -0.136. The highest BCUT2D eigenvalue weighted by Crippen LogP contribution is 2.07. The minimum Gasteiger partial charge on any atom is -0.480 e. The molecule has 1 saturated heterocycles. The van der Waals surface area contributed by atoms with Crippen LogP contribution in [-0.4, -0.2) is 35.2 Å². The van der Waals surface area contributed by atoms with E-state index in [9.17, 15) is 14.4 Å². The summed E-state index contributed by atoms with van der Waals surface area (Å²) in [5.74, 6) is -1.74. The number of rotatable bonds is 4. The van der Waals surface area contributed by atoms with E-state index in [-0.39, 0.29) is 6.61 Å². The maximum Gasteiger partial charge on any atom is 0.408 e. The van der Waals surface area contributed by atoms with Crippen molar-refractivity contribution in [3.63, 3.8) is 0 Å². The molecule has 2 amide bonds. The average molecular weight is 264 g/mol. The van der Waals surface area contributed by atoms with Crippen molar-refractivity contribution >= 4 is 18.0 Å². The van der Waals surface area contributed by atoms with Gasteiger partial charge in [-0.3, -0.25) is 4.79 Å². The number of carboxylic acid groups (broad SMARTS) is 1. The van der Waals surface area contributed by atoms with E-state index >= 15 is 0 Å². The van der Waals surface area contributed by atoms with Crippen LogP contribution < -0.4 is 10.6 Å². The monoisotopic (exact) mass is 264 g/mol. The lowest BCUT2D eigenvalue weighted by Gasteiger charge is -2.33. The molecule has 2 rings (SSSR count). The Balaban J connectivity index is 1.81. The van der Waals surface area contributed by atoms with Crippen molar-refractivity contribution < 1.29 is 24.2 Å². The first-order valence-electron chi connectivity index (χ1n) is 5.58. The summed E-state index contributed by atoms with van der Waals surface area (Å²) < 4.78 is 4.89. The van der Waals surface area contributed by atoms with Crippen molar-refractivity contribution in [1.82, 2.24) is 10.6 Å². The van der Waals surface area contributed by atoms with Gasteiger partial charge in [-0.15, -0.1) is 0 Å². The second kappa shape index (κ2) is 5.38. The highest BCUT2D eigenvalue weighted by Gasteiger charge is 2.45. The lowest BCUT2D eigenvalue weighted by atomic mass is 10.00. The SMILES string of the molecule is O=C(NC1C(=O)NC1C(=O)O)OCc1ccccc1. The van der Waals surface area contributed by atoms with E-state index in [0.29, 0.717) is 0 Å². The number of hydrogen-bond acceptors (Lipinski definition) is 4. The minimum absolute atomic E-state index is 0.0543. The third-order valence-corrected chi connectivity index (χ3v) is 2.67. The van der Waals surface area contributed by atoms with Gasteiger partial charge in [0.15, 0.2) is 6.04 Å². The molecule has 7 nitrogen and oxygen atoms in total. The van der Waals surface area contributed by atoms with E-state index in [2.05, 4.69) is 10.6 Å². The van der Waals surface area contributed by atoms with Crippen LogP contribution in [0.2, 0.25) is 0 Å². The molecule has 0 aromatic heterocycles. The van der Waals surface area contributed by atoms with Gasteiger partial charge in [0.05, 0.1) is 0 Å². The quantitative estimate of drug-likeness (QED) is 0.657. The third kappa shape index (κ3) is 3.01. The van der Waals surface area contributed by atoms with Crippen LogP contribution in [0.3, 0.4) is 0 Å². The Kier molecular flexibility index (Phi) is 3.65. The third-order valence-electron chi connectivity index (χ3n) is 2.67. The Morgan fingerprint density at radius 1 is 1.32 bits per heavy atom. The summed E-state index contributed by atoms with van der Waals surface area (Å²) in [6.07, 6.45) is -0.824. The number of carboxylic acids is 1. The lowest BCUT2D eigenvalue weighted by molar-refractivity contribution is -0.150. The fraction of sp³-hybridized carbons (Fsp3) is 0.250. The van der Waals surface area contributed by atoms with Gasteiger partial charge in [-0.05, 0) is 5.56 Å². The molecule has 0 saturated carbocycles. The summed E-state index contributed by atoms with van der Waals surface area (Å²) >= 11 is 0.